The molecule has 0 saturated carbocycles. The molecule has 1 saturated heterocycles. The summed E-state index contributed by atoms with van der Waals surface area (Å²) in [5, 5.41) is 2.81. The maximum atomic E-state index is 12.7. The Morgan fingerprint density at radius 2 is 1.77 bits per heavy atom. The van der Waals surface area contributed by atoms with Crippen molar-refractivity contribution in [3.63, 3.8) is 0 Å². The molecule has 4 rings (SSSR count). The van der Waals surface area contributed by atoms with Gasteiger partial charge in [-0.05, 0) is 74.1 Å². The topological polar surface area (TPSA) is 84.9 Å². The average Bonchev–Trinajstić information content (AvgIpc) is 2.80. The second-order valence-electron chi connectivity index (χ2n) is 7.89. The van der Waals surface area contributed by atoms with Gasteiger partial charge in [0.25, 0.3) is 5.91 Å². The first-order chi connectivity index (χ1) is 14.9. The molecule has 1 fully saturated rings. The number of fused-ring (bicyclic) bond motifs is 1. The summed E-state index contributed by atoms with van der Waals surface area (Å²) in [4.78, 5) is 12.8. The number of morpholine rings is 1. The number of amides is 1. The van der Waals surface area contributed by atoms with Gasteiger partial charge in [0.05, 0.1) is 18.1 Å². The fourth-order valence-corrected chi connectivity index (χ4v) is 5.40. The lowest BCUT2D eigenvalue weighted by atomic mass is 9.91. The highest BCUT2D eigenvalue weighted by Gasteiger charge is 2.26. The third-order valence-electron chi connectivity index (χ3n) is 5.76. The van der Waals surface area contributed by atoms with E-state index in [0.29, 0.717) is 32.0 Å². The Hall–Kier alpha value is -2.42. The van der Waals surface area contributed by atoms with Gasteiger partial charge in [0.2, 0.25) is 10.0 Å². The fourth-order valence-electron chi connectivity index (χ4n) is 3.99. The normalized spacial score (nSPS) is 18.1. The Kier molecular flexibility index (Phi) is 6.60. The molecule has 1 aliphatic heterocycles. The zero-order chi connectivity index (χ0) is 21.8. The van der Waals surface area contributed by atoms with E-state index in [0.717, 1.165) is 25.0 Å². The van der Waals surface area contributed by atoms with Crippen LogP contribution in [0.5, 0.6) is 5.75 Å². The number of nitrogens with one attached hydrogen (secondary N) is 1. The minimum absolute atomic E-state index is 0.201. The van der Waals surface area contributed by atoms with E-state index in [4.69, 9.17) is 9.47 Å². The molecule has 1 atom stereocenters. The van der Waals surface area contributed by atoms with Crippen LogP contribution < -0.4 is 10.1 Å². The number of rotatable bonds is 6. The number of carbonyl (C=O) groups excluding carboxylic acids is 1. The Balaban J connectivity index is 1.39. The molecule has 1 aliphatic carbocycles. The molecule has 0 bridgehead atoms. The van der Waals surface area contributed by atoms with E-state index in [1.165, 1.54) is 34.0 Å². The zero-order valence-electron chi connectivity index (χ0n) is 17.7. The zero-order valence-corrected chi connectivity index (χ0v) is 18.5. The molecule has 31 heavy (non-hydrogen) atoms. The Bertz CT molecular complexity index is 1030. The molecular formula is C23H28N2O5S. The van der Waals surface area contributed by atoms with Gasteiger partial charge in [0.15, 0.2) is 6.10 Å². The van der Waals surface area contributed by atoms with Crippen molar-refractivity contribution in [2.75, 3.05) is 31.6 Å². The quantitative estimate of drug-likeness (QED) is 0.740. The number of aryl methyl sites for hydroxylation is 1. The van der Waals surface area contributed by atoms with Gasteiger partial charge < -0.3 is 14.8 Å². The summed E-state index contributed by atoms with van der Waals surface area (Å²) in [6.45, 7) is 3.21. The lowest BCUT2D eigenvalue weighted by Gasteiger charge is -2.26. The van der Waals surface area contributed by atoms with Crippen molar-refractivity contribution in [3.8, 4) is 5.75 Å². The van der Waals surface area contributed by atoms with Crippen LogP contribution in [0.1, 0.15) is 30.9 Å². The number of carbonyl (C=O) groups is 1. The smallest absolute Gasteiger partial charge is 0.265 e. The number of ether oxygens (including phenoxy) is 2. The van der Waals surface area contributed by atoms with Crippen LogP contribution >= 0.6 is 0 Å². The van der Waals surface area contributed by atoms with E-state index in [1.54, 1.807) is 19.1 Å². The van der Waals surface area contributed by atoms with Crippen molar-refractivity contribution in [2.45, 2.75) is 43.6 Å². The first-order valence-corrected chi connectivity index (χ1v) is 12.2. The van der Waals surface area contributed by atoms with Gasteiger partial charge in [0, 0.05) is 18.8 Å². The molecule has 0 unspecified atom stereocenters. The molecule has 2 aliphatic rings. The fraction of sp³-hybridized carbons (Fsp3) is 0.435. The Morgan fingerprint density at radius 1 is 1.06 bits per heavy atom. The molecule has 2 aromatic rings. The highest BCUT2D eigenvalue weighted by Crippen LogP contribution is 2.30. The molecule has 1 amide bonds. The van der Waals surface area contributed by atoms with Crippen LogP contribution in [-0.4, -0.2) is 51.0 Å². The van der Waals surface area contributed by atoms with E-state index in [1.807, 2.05) is 12.1 Å². The largest absolute Gasteiger partial charge is 0.481 e. The summed E-state index contributed by atoms with van der Waals surface area (Å²) in [7, 11) is -3.56. The summed E-state index contributed by atoms with van der Waals surface area (Å²) >= 11 is 0. The van der Waals surface area contributed by atoms with Crippen LogP contribution in [0.25, 0.3) is 0 Å². The van der Waals surface area contributed by atoms with Crippen molar-refractivity contribution >= 4 is 21.6 Å². The molecule has 2 aromatic carbocycles. The van der Waals surface area contributed by atoms with Crippen LogP contribution in [0.15, 0.2) is 47.4 Å². The van der Waals surface area contributed by atoms with Crippen LogP contribution in [0.4, 0.5) is 5.69 Å². The summed E-state index contributed by atoms with van der Waals surface area (Å²) in [6.07, 6.45) is 3.66. The number of hydrogen-bond donors (Lipinski definition) is 1. The molecule has 166 valence electrons. The number of hydrogen-bond acceptors (Lipinski definition) is 5. The van der Waals surface area contributed by atoms with Crippen molar-refractivity contribution < 1.29 is 22.7 Å². The molecule has 8 heteroatoms. The second-order valence-corrected chi connectivity index (χ2v) is 9.83. The minimum atomic E-state index is -3.56. The molecule has 0 aromatic heterocycles. The first kappa shape index (κ1) is 21.8. The lowest BCUT2D eigenvalue weighted by Crippen LogP contribution is -2.40. The van der Waals surface area contributed by atoms with Gasteiger partial charge in [-0.25, -0.2) is 8.42 Å². The van der Waals surface area contributed by atoms with Gasteiger partial charge in [-0.2, -0.15) is 4.31 Å². The molecule has 0 spiro atoms. The van der Waals surface area contributed by atoms with E-state index in [2.05, 4.69) is 11.4 Å². The van der Waals surface area contributed by atoms with Gasteiger partial charge in [0.1, 0.15) is 5.75 Å². The van der Waals surface area contributed by atoms with Gasteiger partial charge >= 0.3 is 0 Å². The molecule has 1 heterocycles. The van der Waals surface area contributed by atoms with Crippen molar-refractivity contribution in [3.05, 3.63) is 53.6 Å². The number of anilines is 1. The summed E-state index contributed by atoms with van der Waals surface area (Å²) in [6, 6.07) is 12.2. The van der Waals surface area contributed by atoms with Crippen molar-refractivity contribution in [1.82, 2.24) is 4.31 Å². The Labute approximate surface area is 183 Å². The highest BCUT2D eigenvalue weighted by atomic mass is 32.2. The standard InChI is InChI=1S/C23H28N2O5S/c1-17(30-22-8-4-6-18-5-2-3-7-21(18)22)23(26)24-19-9-11-20(12-10-19)31(27,28)25-13-15-29-16-14-25/h4,6,8-12,17H,2-3,5,7,13-16H2,1H3,(H,24,26)/t17-/m1/s1. The third kappa shape index (κ3) is 4.92. The Morgan fingerprint density at radius 3 is 2.52 bits per heavy atom. The van der Waals surface area contributed by atoms with Gasteiger partial charge in [-0.15, -0.1) is 0 Å². The van der Waals surface area contributed by atoms with Crippen molar-refractivity contribution in [1.29, 1.82) is 0 Å². The highest BCUT2D eigenvalue weighted by molar-refractivity contribution is 7.89. The van der Waals surface area contributed by atoms with Crippen LogP contribution in [0.2, 0.25) is 0 Å². The maximum Gasteiger partial charge on any atom is 0.265 e. The predicted molar refractivity (Wildman–Crippen MR) is 118 cm³/mol. The van der Waals surface area contributed by atoms with Crippen molar-refractivity contribution in [2.24, 2.45) is 0 Å². The van der Waals surface area contributed by atoms with E-state index < -0.39 is 16.1 Å². The third-order valence-corrected chi connectivity index (χ3v) is 7.67. The van der Waals surface area contributed by atoms with Crippen LogP contribution in [-0.2, 0) is 32.4 Å². The van der Waals surface area contributed by atoms with E-state index >= 15 is 0 Å². The summed E-state index contributed by atoms with van der Waals surface area (Å²) < 4.78 is 38.0. The molecule has 1 N–H and O–H groups in total. The monoisotopic (exact) mass is 444 g/mol. The summed E-state index contributed by atoms with van der Waals surface area (Å²) in [5.41, 5.74) is 3.02. The number of nitrogens with zero attached hydrogens (tertiary/aromatic N) is 1. The predicted octanol–water partition coefficient (Wildman–Crippen LogP) is 2.99. The van der Waals surface area contributed by atoms with Crippen LogP contribution in [0, 0.1) is 0 Å². The maximum absolute atomic E-state index is 12.7. The van der Waals surface area contributed by atoms with Gasteiger partial charge in [-0.3, -0.25) is 4.79 Å². The van der Waals surface area contributed by atoms with Crippen LogP contribution in [0.3, 0.4) is 0 Å². The number of sulfonamides is 1. The summed E-state index contributed by atoms with van der Waals surface area (Å²) in [5.74, 6) is 0.490. The molecule has 0 radical (unpaired) electrons. The molecular weight excluding hydrogens is 416 g/mol. The first-order valence-electron chi connectivity index (χ1n) is 10.7. The SMILES string of the molecule is C[C@@H](Oc1cccc2c1CCCC2)C(=O)Nc1ccc(S(=O)(=O)N2CCOCC2)cc1. The van der Waals surface area contributed by atoms with E-state index in [9.17, 15) is 13.2 Å². The van der Waals surface area contributed by atoms with E-state index in [-0.39, 0.29) is 10.8 Å². The lowest BCUT2D eigenvalue weighted by molar-refractivity contribution is -0.122. The number of benzene rings is 2. The van der Waals surface area contributed by atoms with Gasteiger partial charge in [-0.1, -0.05) is 12.1 Å². The minimum Gasteiger partial charge on any atom is -0.481 e. The average molecular weight is 445 g/mol. The molecule has 7 nitrogen and oxygen atoms in total. The second kappa shape index (κ2) is 9.38.